The topological polar surface area (TPSA) is 38.5 Å². The molecule has 0 amide bonds. The monoisotopic (exact) mass is 274 g/mol. The summed E-state index contributed by atoms with van der Waals surface area (Å²) >= 11 is 0. The van der Waals surface area contributed by atoms with Crippen LogP contribution >= 0.6 is 0 Å². The van der Waals surface area contributed by atoms with Crippen LogP contribution in [0.5, 0.6) is 5.75 Å². The van der Waals surface area contributed by atoms with Gasteiger partial charge in [0, 0.05) is 18.2 Å². The van der Waals surface area contributed by atoms with Crippen molar-refractivity contribution in [2.24, 2.45) is 5.73 Å². The van der Waals surface area contributed by atoms with Crippen molar-refractivity contribution in [3.63, 3.8) is 0 Å². The van der Waals surface area contributed by atoms with Crippen LogP contribution in [0, 0.1) is 11.8 Å². The average Bonchev–Trinajstić information content (AvgIpc) is 2.46. The molecule has 0 spiro atoms. The number of benzene rings is 1. The molecule has 0 fully saturated rings. The number of nitrogens with two attached hydrogens (primary N) is 1. The second kappa shape index (κ2) is 9.41. The minimum Gasteiger partial charge on any atom is -0.492 e. The molecule has 2 N–H and O–H groups in total. The molecule has 1 atom stereocenters. The van der Waals surface area contributed by atoms with Gasteiger partial charge in [-0.25, -0.2) is 0 Å². The van der Waals surface area contributed by atoms with E-state index >= 15 is 0 Å². The van der Waals surface area contributed by atoms with Crippen LogP contribution in [-0.2, 0) is 0 Å². The van der Waals surface area contributed by atoms with Crippen LogP contribution in [0.4, 0.5) is 0 Å². The summed E-state index contributed by atoms with van der Waals surface area (Å²) in [7, 11) is 2.15. The molecule has 3 heteroatoms. The summed E-state index contributed by atoms with van der Waals surface area (Å²) in [6.45, 7) is 6.51. The third-order valence-corrected chi connectivity index (χ3v) is 3.36. The van der Waals surface area contributed by atoms with Crippen LogP contribution in [0.25, 0.3) is 0 Å². The zero-order chi connectivity index (χ0) is 14.8. The van der Waals surface area contributed by atoms with E-state index in [4.69, 9.17) is 10.5 Å². The van der Waals surface area contributed by atoms with Gasteiger partial charge in [0.05, 0.1) is 6.54 Å². The standard InChI is InChI=1S/C17H26N2O/c1-4-6-15(2)19(3)13-14-20-17-10-8-16(9-11-17)7-5-12-18/h8-11,15H,4,6,12-14,18H2,1-3H3. The molecule has 1 unspecified atom stereocenters. The molecule has 1 rings (SSSR count). The molecule has 0 bridgehead atoms. The molecular formula is C17H26N2O. The summed E-state index contributed by atoms with van der Waals surface area (Å²) in [5.41, 5.74) is 6.31. The second-order valence-electron chi connectivity index (χ2n) is 5.00. The van der Waals surface area contributed by atoms with Crippen molar-refractivity contribution in [2.75, 3.05) is 26.7 Å². The molecule has 1 aromatic carbocycles. The van der Waals surface area contributed by atoms with Crippen LogP contribution in [0.15, 0.2) is 24.3 Å². The minimum absolute atomic E-state index is 0.389. The number of ether oxygens (including phenoxy) is 1. The molecule has 3 nitrogen and oxygen atoms in total. The van der Waals surface area contributed by atoms with Gasteiger partial charge in [-0.05, 0) is 44.7 Å². The summed E-state index contributed by atoms with van der Waals surface area (Å²) < 4.78 is 5.75. The van der Waals surface area contributed by atoms with Gasteiger partial charge in [-0.2, -0.15) is 0 Å². The molecule has 0 aliphatic rings. The van der Waals surface area contributed by atoms with Crippen LogP contribution < -0.4 is 10.5 Å². The number of hydrogen-bond donors (Lipinski definition) is 1. The Bertz CT molecular complexity index is 431. The molecule has 0 saturated heterocycles. The first-order chi connectivity index (χ1) is 9.67. The second-order valence-corrected chi connectivity index (χ2v) is 5.00. The first-order valence-electron chi connectivity index (χ1n) is 7.29. The summed E-state index contributed by atoms with van der Waals surface area (Å²) in [4.78, 5) is 2.34. The molecule has 0 aromatic heterocycles. The maximum atomic E-state index is 5.75. The van der Waals surface area contributed by atoms with E-state index in [0.717, 1.165) is 17.9 Å². The maximum absolute atomic E-state index is 5.75. The average molecular weight is 274 g/mol. The summed E-state index contributed by atoms with van der Waals surface area (Å²) in [5.74, 6) is 6.72. The largest absolute Gasteiger partial charge is 0.492 e. The van der Waals surface area contributed by atoms with Gasteiger partial charge in [0.1, 0.15) is 12.4 Å². The van der Waals surface area contributed by atoms with Gasteiger partial charge < -0.3 is 15.4 Å². The van der Waals surface area contributed by atoms with Crippen molar-refractivity contribution in [2.45, 2.75) is 32.7 Å². The Labute approximate surface area is 123 Å². The number of likely N-dealkylation sites (N-methyl/N-ethyl adjacent to an activating group) is 1. The van der Waals surface area contributed by atoms with Crippen molar-refractivity contribution >= 4 is 0 Å². The van der Waals surface area contributed by atoms with Crippen molar-refractivity contribution in [1.82, 2.24) is 4.90 Å². The van der Waals surface area contributed by atoms with Crippen LogP contribution in [-0.4, -0.2) is 37.7 Å². The zero-order valence-corrected chi connectivity index (χ0v) is 12.9. The van der Waals surface area contributed by atoms with Crippen molar-refractivity contribution in [3.8, 4) is 17.6 Å². The van der Waals surface area contributed by atoms with Crippen molar-refractivity contribution in [3.05, 3.63) is 29.8 Å². The number of rotatable bonds is 7. The van der Waals surface area contributed by atoms with Gasteiger partial charge in [0.25, 0.3) is 0 Å². The molecule has 0 saturated carbocycles. The molecule has 0 aliphatic heterocycles. The molecule has 0 radical (unpaired) electrons. The van der Waals surface area contributed by atoms with E-state index in [1.165, 1.54) is 12.8 Å². The van der Waals surface area contributed by atoms with E-state index in [2.05, 4.69) is 37.6 Å². The quantitative estimate of drug-likeness (QED) is 0.776. The highest BCUT2D eigenvalue weighted by atomic mass is 16.5. The predicted octanol–water partition coefficient (Wildman–Crippen LogP) is 2.50. The van der Waals surface area contributed by atoms with E-state index in [0.29, 0.717) is 19.2 Å². The third kappa shape index (κ3) is 6.10. The third-order valence-electron chi connectivity index (χ3n) is 3.36. The van der Waals surface area contributed by atoms with E-state index in [1.807, 2.05) is 24.3 Å². The normalized spacial score (nSPS) is 11.8. The van der Waals surface area contributed by atoms with E-state index in [-0.39, 0.29) is 0 Å². The Morgan fingerprint density at radius 2 is 2.00 bits per heavy atom. The van der Waals surface area contributed by atoms with Crippen LogP contribution in [0.3, 0.4) is 0 Å². The van der Waals surface area contributed by atoms with Gasteiger partial charge >= 0.3 is 0 Å². The molecule has 1 aromatic rings. The van der Waals surface area contributed by atoms with E-state index in [9.17, 15) is 0 Å². The number of hydrogen-bond acceptors (Lipinski definition) is 3. The fraction of sp³-hybridized carbons (Fsp3) is 0.529. The summed E-state index contributed by atoms with van der Waals surface area (Å²) in [6, 6.07) is 8.44. The first-order valence-corrected chi connectivity index (χ1v) is 7.29. The van der Waals surface area contributed by atoms with E-state index < -0.39 is 0 Å². The van der Waals surface area contributed by atoms with Gasteiger partial charge in [0.15, 0.2) is 0 Å². The SMILES string of the molecule is CCCC(C)N(C)CCOc1ccc(C#CCN)cc1. The van der Waals surface area contributed by atoms with E-state index in [1.54, 1.807) is 0 Å². The fourth-order valence-electron chi connectivity index (χ4n) is 1.95. The fourth-order valence-corrected chi connectivity index (χ4v) is 1.95. The molecule has 0 heterocycles. The highest BCUT2D eigenvalue weighted by molar-refractivity contribution is 5.38. The summed E-state index contributed by atoms with van der Waals surface area (Å²) in [5, 5.41) is 0. The summed E-state index contributed by atoms with van der Waals surface area (Å²) in [6.07, 6.45) is 2.45. The lowest BCUT2D eigenvalue weighted by Crippen LogP contribution is -2.32. The smallest absolute Gasteiger partial charge is 0.119 e. The Balaban J connectivity index is 2.35. The lowest BCUT2D eigenvalue weighted by atomic mass is 10.2. The lowest BCUT2D eigenvalue weighted by molar-refractivity contribution is 0.193. The molecule has 110 valence electrons. The van der Waals surface area contributed by atoms with Crippen LogP contribution in [0.1, 0.15) is 32.3 Å². The number of nitrogens with zero attached hydrogens (tertiary/aromatic N) is 1. The minimum atomic E-state index is 0.389. The van der Waals surface area contributed by atoms with Crippen molar-refractivity contribution < 1.29 is 4.74 Å². The van der Waals surface area contributed by atoms with Gasteiger partial charge in [-0.1, -0.05) is 25.2 Å². The van der Waals surface area contributed by atoms with Crippen molar-refractivity contribution in [1.29, 1.82) is 0 Å². The molecule has 20 heavy (non-hydrogen) atoms. The lowest BCUT2D eigenvalue weighted by Gasteiger charge is -2.24. The molecular weight excluding hydrogens is 248 g/mol. The Hall–Kier alpha value is -1.50. The van der Waals surface area contributed by atoms with Gasteiger partial charge in [0.2, 0.25) is 0 Å². The van der Waals surface area contributed by atoms with Crippen LogP contribution in [0.2, 0.25) is 0 Å². The predicted molar refractivity (Wildman–Crippen MR) is 84.9 cm³/mol. The van der Waals surface area contributed by atoms with Gasteiger partial charge in [-0.15, -0.1) is 0 Å². The zero-order valence-electron chi connectivity index (χ0n) is 12.9. The highest BCUT2D eigenvalue weighted by Gasteiger charge is 2.07. The highest BCUT2D eigenvalue weighted by Crippen LogP contribution is 2.12. The Kier molecular flexibility index (Phi) is 7.79. The Morgan fingerprint density at radius 1 is 1.30 bits per heavy atom. The van der Waals surface area contributed by atoms with Gasteiger partial charge in [-0.3, -0.25) is 0 Å². The molecule has 0 aliphatic carbocycles. The Morgan fingerprint density at radius 3 is 2.60 bits per heavy atom. The first kappa shape index (κ1) is 16.6. The maximum Gasteiger partial charge on any atom is 0.119 e.